The van der Waals surface area contributed by atoms with E-state index in [0.29, 0.717) is 11.7 Å². The molecule has 0 spiro atoms. The number of carbonyl (C=O) groups excluding carboxylic acids is 1. The molecule has 6 heteroatoms. The lowest BCUT2D eigenvalue weighted by Gasteiger charge is -2.32. The zero-order chi connectivity index (χ0) is 18.5. The Labute approximate surface area is 159 Å². The van der Waals surface area contributed by atoms with E-state index in [1.165, 1.54) is 30.2 Å². The molecule has 3 rings (SSSR count). The molecule has 1 aromatic carbocycles. The molecule has 2 aromatic rings. The van der Waals surface area contributed by atoms with E-state index in [1.54, 1.807) is 12.4 Å². The SMILES string of the molecule is Cc1ccc(NC(=O)CSc2nccnc2N2CCC[C@@H](C)C2)c(C)c1. The van der Waals surface area contributed by atoms with Gasteiger partial charge < -0.3 is 10.2 Å². The van der Waals surface area contributed by atoms with E-state index in [0.717, 1.165) is 35.2 Å². The molecule has 1 aliphatic rings. The van der Waals surface area contributed by atoms with Crippen LogP contribution in [0.15, 0.2) is 35.6 Å². The predicted molar refractivity (Wildman–Crippen MR) is 108 cm³/mol. The molecule has 0 radical (unpaired) electrons. The smallest absolute Gasteiger partial charge is 0.234 e. The van der Waals surface area contributed by atoms with Crippen molar-refractivity contribution in [2.75, 3.05) is 29.1 Å². The summed E-state index contributed by atoms with van der Waals surface area (Å²) in [5, 5.41) is 3.82. The number of amides is 1. The van der Waals surface area contributed by atoms with Crippen LogP contribution >= 0.6 is 11.8 Å². The van der Waals surface area contributed by atoms with Gasteiger partial charge in [-0.2, -0.15) is 0 Å². The minimum Gasteiger partial charge on any atom is -0.354 e. The minimum atomic E-state index is -0.0226. The fraction of sp³-hybridized carbons (Fsp3) is 0.450. The van der Waals surface area contributed by atoms with Crippen LogP contribution in [-0.4, -0.2) is 34.7 Å². The molecule has 0 aliphatic carbocycles. The van der Waals surface area contributed by atoms with Crippen molar-refractivity contribution in [2.45, 2.75) is 38.6 Å². The Morgan fingerprint density at radius 2 is 2.12 bits per heavy atom. The molecule has 1 aromatic heterocycles. The van der Waals surface area contributed by atoms with E-state index in [4.69, 9.17) is 0 Å². The van der Waals surface area contributed by atoms with Gasteiger partial charge in [0.25, 0.3) is 0 Å². The number of nitrogens with one attached hydrogen (secondary N) is 1. The van der Waals surface area contributed by atoms with Crippen molar-refractivity contribution < 1.29 is 4.79 Å². The fourth-order valence-electron chi connectivity index (χ4n) is 3.29. The molecule has 1 amide bonds. The Morgan fingerprint density at radius 3 is 2.88 bits per heavy atom. The second-order valence-electron chi connectivity index (χ2n) is 7.03. The first-order valence-electron chi connectivity index (χ1n) is 9.09. The number of carbonyl (C=O) groups is 1. The van der Waals surface area contributed by atoms with Gasteiger partial charge in [0.15, 0.2) is 5.82 Å². The second kappa shape index (κ2) is 8.54. The first kappa shape index (κ1) is 18.7. The number of nitrogens with zero attached hydrogens (tertiary/aromatic N) is 3. The molecule has 1 fully saturated rings. The largest absolute Gasteiger partial charge is 0.354 e. The molecule has 0 bridgehead atoms. The van der Waals surface area contributed by atoms with Crippen molar-refractivity contribution in [1.29, 1.82) is 0 Å². The molecule has 26 heavy (non-hydrogen) atoms. The van der Waals surface area contributed by atoms with Gasteiger partial charge in [-0.15, -0.1) is 0 Å². The first-order valence-corrected chi connectivity index (χ1v) is 10.1. The van der Waals surface area contributed by atoms with E-state index in [1.807, 2.05) is 26.0 Å². The van der Waals surface area contributed by atoms with Crippen LogP contribution in [0.4, 0.5) is 11.5 Å². The quantitative estimate of drug-likeness (QED) is 0.804. The Bertz CT molecular complexity index is 780. The molecule has 0 unspecified atom stereocenters. The molecule has 138 valence electrons. The number of hydrogen-bond donors (Lipinski definition) is 1. The molecule has 1 saturated heterocycles. The van der Waals surface area contributed by atoms with Gasteiger partial charge in [-0.3, -0.25) is 4.79 Å². The molecule has 1 aliphatic heterocycles. The van der Waals surface area contributed by atoms with Gasteiger partial charge in [-0.05, 0) is 44.2 Å². The van der Waals surface area contributed by atoms with Crippen LogP contribution in [-0.2, 0) is 4.79 Å². The highest BCUT2D eigenvalue weighted by atomic mass is 32.2. The van der Waals surface area contributed by atoms with Gasteiger partial charge in [0.2, 0.25) is 5.91 Å². The van der Waals surface area contributed by atoms with Gasteiger partial charge in [-0.1, -0.05) is 36.4 Å². The predicted octanol–water partition coefficient (Wildman–Crippen LogP) is 4.06. The van der Waals surface area contributed by atoms with Gasteiger partial charge in [0.1, 0.15) is 5.03 Å². The molecule has 1 N–H and O–H groups in total. The highest BCUT2D eigenvalue weighted by Gasteiger charge is 2.21. The van der Waals surface area contributed by atoms with Crippen molar-refractivity contribution in [3.8, 4) is 0 Å². The lowest BCUT2D eigenvalue weighted by molar-refractivity contribution is -0.113. The number of anilines is 2. The number of piperidine rings is 1. The Balaban J connectivity index is 1.63. The molecule has 5 nitrogen and oxygen atoms in total. The number of hydrogen-bond acceptors (Lipinski definition) is 5. The van der Waals surface area contributed by atoms with Gasteiger partial charge in [-0.25, -0.2) is 9.97 Å². The normalized spacial score (nSPS) is 17.2. The number of rotatable bonds is 5. The molecular weight excluding hydrogens is 344 g/mol. The summed E-state index contributed by atoms with van der Waals surface area (Å²) >= 11 is 1.45. The molecular formula is C20H26N4OS. The van der Waals surface area contributed by atoms with E-state index >= 15 is 0 Å². The van der Waals surface area contributed by atoms with E-state index in [-0.39, 0.29) is 5.91 Å². The van der Waals surface area contributed by atoms with Crippen LogP contribution in [0, 0.1) is 19.8 Å². The number of aryl methyl sites for hydroxylation is 2. The fourth-order valence-corrected chi connectivity index (χ4v) is 4.08. The highest BCUT2D eigenvalue weighted by Crippen LogP contribution is 2.29. The van der Waals surface area contributed by atoms with Crippen molar-refractivity contribution >= 4 is 29.2 Å². The van der Waals surface area contributed by atoms with Crippen LogP contribution in [0.5, 0.6) is 0 Å². The van der Waals surface area contributed by atoms with Crippen molar-refractivity contribution in [2.24, 2.45) is 5.92 Å². The summed E-state index contributed by atoms with van der Waals surface area (Å²) in [6.45, 7) is 8.33. The highest BCUT2D eigenvalue weighted by molar-refractivity contribution is 8.00. The van der Waals surface area contributed by atoms with Crippen molar-refractivity contribution in [1.82, 2.24) is 9.97 Å². The van der Waals surface area contributed by atoms with E-state index < -0.39 is 0 Å². The minimum absolute atomic E-state index is 0.0226. The Morgan fingerprint density at radius 1 is 1.31 bits per heavy atom. The summed E-state index contributed by atoms with van der Waals surface area (Å²) in [6, 6.07) is 6.03. The van der Waals surface area contributed by atoms with E-state index in [9.17, 15) is 4.79 Å². The van der Waals surface area contributed by atoms with Crippen LogP contribution in [0.2, 0.25) is 0 Å². The lowest BCUT2D eigenvalue weighted by atomic mass is 10.0. The maximum absolute atomic E-state index is 12.4. The Hall–Kier alpha value is -2.08. The molecule has 1 atom stereocenters. The van der Waals surface area contributed by atoms with Crippen molar-refractivity contribution in [3.63, 3.8) is 0 Å². The summed E-state index contributed by atoms with van der Waals surface area (Å²) in [5.41, 5.74) is 3.13. The second-order valence-corrected chi connectivity index (χ2v) is 8.00. The monoisotopic (exact) mass is 370 g/mol. The number of benzene rings is 1. The lowest BCUT2D eigenvalue weighted by Crippen LogP contribution is -2.35. The average molecular weight is 371 g/mol. The van der Waals surface area contributed by atoms with Crippen LogP contribution in [0.3, 0.4) is 0 Å². The third-order valence-electron chi connectivity index (χ3n) is 4.60. The third kappa shape index (κ3) is 4.75. The third-order valence-corrected chi connectivity index (χ3v) is 5.57. The van der Waals surface area contributed by atoms with Crippen LogP contribution in [0.25, 0.3) is 0 Å². The zero-order valence-corrected chi connectivity index (χ0v) is 16.5. The summed E-state index contributed by atoms with van der Waals surface area (Å²) in [5.74, 6) is 1.87. The van der Waals surface area contributed by atoms with Crippen LogP contribution < -0.4 is 10.2 Å². The standard InChI is InChI=1S/C20H26N4OS/c1-14-6-7-17(16(3)11-14)23-18(25)13-26-20-19(21-8-9-22-20)24-10-4-5-15(2)12-24/h6-9,11,15H,4-5,10,12-13H2,1-3H3,(H,23,25)/t15-/m1/s1. The number of aromatic nitrogens is 2. The average Bonchev–Trinajstić information content (AvgIpc) is 2.62. The maximum Gasteiger partial charge on any atom is 0.234 e. The van der Waals surface area contributed by atoms with E-state index in [2.05, 4.69) is 33.2 Å². The summed E-state index contributed by atoms with van der Waals surface area (Å²) in [4.78, 5) is 23.7. The Kier molecular flexibility index (Phi) is 6.14. The first-order chi connectivity index (χ1) is 12.5. The summed E-state index contributed by atoms with van der Waals surface area (Å²) < 4.78 is 0. The number of thioether (sulfide) groups is 1. The molecule has 0 saturated carbocycles. The zero-order valence-electron chi connectivity index (χ0n) is 15.7. The summed E-state index contributed by atoms with van der Waals surface area (Å²) in [6.07, 6.45) is 5.86. The topological polar surface area (TPSA) is 58.1 Å². The summed E-state index contributed by atoms with van der Waals surface area (Å²) in [7, 11) is 0. The van der Waals surface area contributed by atoms with Gasteiger partial charge in [0, 0.05) is 31.2 Å². The van der Waals surface area contributed by atoms with Gasteiger partial charge in [0.05, 0.1) is 5.75 Å². The maximum atomic E-state index is 12.4. The molecule has 2 heterocycles. The van der Waals surface area contributed by atoms with Crippen molar-refractivity contribution in [3.05, 3.63) is 41.7 Å². The van der Waals surface area contributed by atoms with Crippen LogP contribution in [0.1, 0.15) is 30.9 Å². The van der Waals surface area contributed by atoms with Gasteiger partial charge >= 0.3 is 0 Å².